The fourth-order valence-electron chi connectivity index (χ4n) is 2.14. The maximum absolute atomic E-state index is 11.8. The quantitative estimate of drug-likeness (QED) is 0.436. The Morgan fingerprint density at radius 3 is 2.22 bits per heavy atom. The lowest BCUT2D eigenvalue weighted by Gasteiger charge is -2.07. The number of nitrogens with one attached hydrogen (secondary N) is 2. The maximum Gasteiger partial charge on any atom is 0.329 e. The SMILES string of the molecule is COc1ccc(CNC(=O)C(=O)N/N=C\c2ccc(OC)cc2OC)cc1. The van der Waals surface area contributed by atoms with E-state index in [0.29, 0.717) is 22.8 Å². The van der Waals surface area contributed by atoms with E-state index in [1.54, 1.807) is 56.7 Å². The average Bonchev–Trinajstić information content (AvgIpc) is 2.72. The monoisotopic (exact) mass is 371 g/mol. The number of methoxy groups -OCH3 is 3. The molecule has 0 aliphatic heterocycles. The zero-order chi connectivity index (χ0) is 19.6. The average molecular weight is 371 g/mol. The van der Waals surface area contributed by atoms with Gasteiger partial charge in [-0.3, -0.25) is 9.59 Å². The fourth-order valence-corrected chi connectivity index (χ4v) is 2.14. The Labute approximate surface area is 157 Å². The van der Waals surface area contributed by atoms with Crippen molar-refractivity contribution in [2.75, 3.05) is 21.3 Å². The predicted octanol–water partition coefficient (Wildman–Crippen LogP) is 1.48. The molecule has 2 N–H and O–H groups in total. The van der Waals surface area contributed by atoms with Crippen molar-refractivity contribution in [3.05, 3.63) is 53.6 Å². The van der Waals surface area contributed by atoms with Crippen LogP contribution in [0.3, 0.4) is 0 Å². The van der Waals surface area contributed by atoms with Crippen LogP contribution in [0.1, 0.15) is 11.1 Å². The van der Waals surface area contributed by atoms with Gasteiger partial charge in [0.05, 0.1) is 27.5 Å². The molecule has 0 saturated carbocycles. The number of carbonyl (C=O) groups is 2. The molecule has 0 fully saturated rings. The summed E-state index contributed by atoms with van der Waals surface area (Å²) in [5.74, 6) is 0.213. The van der Waals surface area contributed by atoms with Crippen molar-refractivity contribution >= 4 is 18.0 Å². The van der Waals surface area contributed by atoms with Gasteiger partial charge in [0, 0.05) is 18.2 Å². The molecule has 0 spiro atoms. The third kappa shape index (κ3) is 5.74. The molecule has 0 bridgehead atoms. The van der Waals surface area contributed by atoms with Gasteiger partial charge in [0.15, 0.2) is 0 Å². The van der Waals surface area contributed by atoms with Crippen molar-refractivity contribution in [2.24, 2.45) is 5.10 Å². The first-order chi connectivity index (χ1) is 13.1. The van der Waals surface area contributed by atoms with E-state index in [0.717, 1.165) is 5.56 Å². The van der Waals surface area contributed by atoms with E-state index >= 15 is 0 Å². The summed E-state index contributed by atoms with van der Waals surface area (Å²) in [6, 6.07) is 12.3. The molecule has 2 aromatic rings. The molecule has 2 amide bonds. The lowest BCUT2D eigenvalue weighted by molar-refractivity contribution is -0.139. The second kappa shape index (κ2) is 9.81. The van der Waals surface area contributed by atoms with Gasteiger partial charge in [-0.1, -0.05) is 12.1 Å². The standard InChI is InChI=1S/C19H21N3O5/c1-25-15-7-4-13(5-8-15)11-20-18(23)19(24)22-21-12-14-6-9-16(26-2)10-17(14)27-3/h4-10,12H,11H2,1-3H3,(H,20,23)(H,22,24)/b21-12-. The van der Waals surface area contributed by atoms with Gasteiger partial charge >= 0.3 is 11.8 Å². The van der Waals surface area contributed by atoms with Gasteiger partial charge in [-0.15, -0.1) is 0 Å². The summed E-state index contributed by atoms with van der Waals surface area (Å²) in [5, 5.41) is 6.30. The molecule has 8 heteroatoms. The Hall–Kier alpha value is -3.55. The van der Waals surface area contributed by atoms with E-state index in [2.05, 4.69) is 15.8 Å². The Kier molecular flexibility index (Phi) is 7.18. The Balaban J connectivity index is 1.87. The van der Waals surface area contributed by atoms with Gasteiger partial charge in [0.1, 0.15) is 17.2 Å². The third-order valence-electron chi connectivity index (χ3n) is 3.63. The second-order valence-electron chi connectivity index (χ2n) is 5.34. The maximum atomic E-state index is 11.8. The van der Waals surface area contributed by atoms with Crippen molar-refractivity contribution in [1.29, 1.82) is 0 Å². The smallest absolute Gasteiger partial charge is 0.329 e. The fraction of sp³-hybridized carbons (Fsp3) is 0.211. The van der Waals surface area contributed by atoms with Crippen molar-refractivity contribution in [3.63, 3.8) is 0 Å². The van der Waals surface area contributed by atoms with Gasteiger partial charge in [-0.25, -0.2) is 5.43 Å². The molecule has 0 saturated heterocycles. The molecule has 0 aromatic heterocycles. The Bertz CT molecular complexity index is 819. The van der Waals surface area contributed by atoms with Crippen LogP contribution in [0.15, 0.2) is 47.6 Å². The van der Waals surface area contributed by atoms with Crippen LogP contribution in [0, 0.1) is 0 Å². The van der Waals surface area contributed by atoms with Crippen LogP contribution >= 0.6 is 0 Å². The van der Waals surface area contributed by atoms with Gasteiger partial charge in [0.25, 0.3) is 0 Å². The summed E-state index contributed by atoms with van der Waals surface area (Å²) < 4.78 is 15.4. The lowest BCUT2D eigenvalue weighted by Crippen LogP contribution is -2.37. The first-order valence-electron chi connectivity index (χ1n) is 8.03. The van der Waals surface area contributed by atoms with Crippen LogP contribution in [-0.4, -0.2) is 39.4 Å². The number of nitrogens with zero attached hydrogens (tertiary/aromatic N) is 1. The highest BCUT2D eigenvalue weighted by Crippen LogP contribution is 2.22. The molecule has 2 aromatic carbocycles. The minimum Gasteiger partial charge on any atom is -0.497 e. The summed E-state index contributed by atoms with van der Waals surface area (Å²) in [6.07, 6.45) is 1.38. The van der Waals surface area contributed by atoms with E-state index in [-0.39, 0.29) is 6.54 Å². The summed E-state index contributed by atoms with van der Waals surface area (Å²) in [6.45, 7) is 0.215. The normalized spacial score (nSPS) is 10.3. The van der Waals surface area contributed by atoms with Crippen LogP contribution in [0.2, 0.25) is 0 Å². The number of hydrogen-bond donors (Lipinski definition) is 2. The zero-order valence-corrected chi connectivity index (χ0v) is 15.3. The molecule has 0 aliphatic carbocycles. The molecule has 0 unspecified atom stereocenters. The number of benzene rings is 2. The molecule has 0 atom stereocenters. The number of hydrogen-bond acceptors (Lipinski definition) is 6. The first kappa shape index (κ1) is 19.8. The Morgan fingerprint density at radius 2 is 1.59 bits per heavy atom. The summed E-state index contributed by atoms with van der Waals surface area (Å²) >= 11 is 0. The highest BCUT2D eigenvalue weighted by atomic mass is 16.5. The number of carbonyl (C=O) groups excluding carboxylic acids is 2. The van der Waals surface area contributed by atoms with Gasteiger partial charge in [-0.2, -0.15) is 5.10 Å². The first-order valence-corrected chi connectivity index (χ1v) is 8.03. The van der Waals surface area contributed by atoms with Crippen LogP contribution in [0.4, 0.5) is 0 Å². The number of amides is 2. The van der Waals surface area contributed by atoms with Gasteiger partial charge < -0.3 is 19.5 Å². The molecule has 0 heterocycles. The summed E-state index contributed by atoms with van der Waals surface area (Å²) in [5.41, 5.74) is 3.64. The van der Waals surface area contributed by atoms with E-state index in [9.17, 15) is 9.59 Å². The van der Waals surface area contributed by atoms with Gasteiger partial charge in [-0.05, 0) is 29.8 Å². The molecule has 2 rings (SSSR count). The third-order valence-corrected chi connectivity index (χ3v) is 3.63. The second-order valence-corrected chi connectivity index (χ2v) is 5.34. The largest absolute Gasteiger partial charge is 0.497 e. The lowest BCUT2D eigenvalue weighted by atomic mass is 10.2. The van der Waals surface area contributed by atoms with Crippen molar-refractivity contribution in [1.82, 2.24) is 10.7 Å². The molecule has 142 valence electrons. The van der Waals surface area contributed by atoms with E-state index in [1.807, 2.05) is 0 Å². The molecular weight excluding hydrogens is 350 g/mol. The van der Waals surface area contributed by atoms with E-state index in [1.165, 1.54) is 13.3 Å². The van der Waals surface area contributed by atoms with Gasteiger partial charge in [0.2, 0.25) is 0 Å². The minimum atomic E-state index is -0.868. The van der Waals surface area contributed by atoms with Crippen LogP contribution < -0.4 is 25.0 Å². The molecule has 0 radical (unpaired) electrons. The number of ether oxygens (including phenoxy) is 3. The highest BCUT2D eigenvalue weighted by molar-refractivity contribution is 6.35. The molecule has 8 nitrogen and oxygen atoms in total. The van der Waals surface area contributed by atoms with E-state index < -0.39 is 11.8 Å². The molecule has 0 aliphatic rings. The molecule has 27 heavy (non-hydrogen) atoms. The Morgan fingerprint density at radius 1 is 0.926 bits per heavy atom. The van der Waals surface area contributed by atoms with Crippen molar-refractivity contribution in [3.8, 4) is 17.2 Å². The van der Waals surface area contributed by atoms with Crippen LogP contribution in [-0.2, 0) is 16.1 Å². The number of hydrazone groups is 1. The summed E-state index contributed by atoms with van der Waals surface area (Å²) in [4.78, 5) is 23.6. The highest BCUT2D eigenvalue weighted by Gasteiger charge is 2.12. The van der Waals surface area contributed by atoms with Crippen molar-refractivity contribution < 1.29 is 23.8 Å². The zero-order valence-electron chi connectivity index (χ0n) is 15.3. The summed E-state index contributed by atoms with van der Waals surface area (Å²) in [7, 11) is 4.63. The minimum absolute atomic E-state index is 0.215. The predicted molar refractivity (Wildman–Crippen MR) is 100 cm³/mol. The van der Waals surface area contributed by atoms with Crippen LogP contribution in [0.25, 0.3) is 0 Å². The van der Waals surface area contributed by atoms with E-state index in [4.69, 9.17) is 14.2 Å². The molecular formula is C19H21N3O5. The topological polar surface area (TPSA) is 98.2 Å². The number of rotatable bonds is 7. The van der Waals surface area contributed by atoms with Crippen molar-refractivity contribution in [2.45, 2.75) is 6.54 Å². The van der Waals surface area contributed by atoms with Crippen LogP contribution in [0.5, 0.6) is 17.2 Å².